The number of hydrogen-bond acceptors (Lipinski definition) is 3. The van der Waals surface area contributed by atoms with E-state index in [0.29, 0.717) is 0 Å². The highest BCUT2D eigenvalue weighted by molar-refractivity contribution is 5.74. The minimum Gasteiger partial charge on any atom is -0.449 e. The van der Waals surface area contributed by atoms with E-state index in [0.717, 1.165) is 0 Å². The lowest BCUT2D eigenvalue weighted by Crippen LogP contribution is -2.05. The molecule has 0 aromatic heterocycles. The summed E-state index contributed by atoms with van der Waals surface area (Å²) in [5.74, 6) is 0. The topological polar surface area (TPSA) is 83.8 Å². The largest absolute Gasteiger partial charge is 0.516 e. The third kappa shape index (κ3) is 20.2. The van der Waals surface area contributed by atoms with Crippen molar-refractivity contribution in [2.24, 2.45) is 0 Å². The van der Waals surface area contributed by atoms with Crippen LogP contribution in [-0.2, 0) is 4.74 Å². The second kappa shape index (κ2) is 6.74. The first-order chi connectivity index (χ1) is 3.13. The van der Waals surface area contributed by atoms with E-state index >= 15 is 0 Å². The Hall–Kier alpha value is -1.26. The molecule has 0 aromatic carbocycles. The first-order valence-electron chi connectivity index (χ1n) is 1.26. The van der Waals surface area contributed by atoms with Crippen molar-refractivity contribution < 1.29 is 24.5 Å². The summed E-state index contributed by atoms with van der Waals surface area (Å²) in [7, 11) is 0. The molecule has 0 atom stereocenters. The van der Waals surface area contributed by atoms with E-state index in [1.54, 1.807) is 0 Å². The van der Waals surface area contributed by atoms with E-state index in [1.165, 1.54) is 0 Å². The third-order valence-corrected chi connectivity index (χ3v) is 0.175. The summed E-state index contributed by atoms with van der Waals surface area (Å²) in [6, 6.07) is 0. The van der Waals surface area contributed by atoms with Gasteiger partial charge in [0.15, 0.2) is 0 Å². The van der Waals surface area contributed by atoms with Crippen molar-refractivity contribution in [2.75, 3.05) is 0 Å². The summed E-state index contributed by atoms with van der Waals surface area (Å²) in [5, 5.41) is 15.0. The SMILES string of the molecule is C.C.O=C(O)OC(=O)O. The fourth-order valence-corrected chi connectivity index (χ4v) is 0.0747. The molecule has 9 heavy (non-hydrogen) atoms. The molecule has 5 nitrogen and oxygen atoms in total. The molecule has 0 unspecified atom stereocenters. The molecule has 0 fully saturated rings. The second-order valence-electron chi connectivity index (χ2n) is 0.634. The van der Waals surface area contributed by atoms with Gasteiger partial charge in [-0.3, -0.25) is 0 Å². The molecule has 56 valence electrons. The van der Waals surface area contributed by atoms with Crippen LogP contribution in [0.25, 0.3) is 0 Å². The first-order valence-corrected chi connectivity index (χ1v) is 1.26. The van der Waals surface area contributed by atoms with Crippen molar-refractivity contribution in [1.29, 1.82) is 0 Å². The lowest BCUT2D eigenvalue weighted by atomic mass is 11.3. The Morgan fingerprint density at radius 1 is 1.00 bits per heavy atom. The Labute approximate surface area is 52.9 Å². The molecular weight excluding hydrogens is 128 g/mol. The number of ether oxygens (including phenoxy) is 1. The Morgan fingerprint density at radius 3 is 1.22 bits per heavy atom. The van der Waals surface area contributed by atoms with Crippen molar-refractivity contribution in [3.05, 3.63) is 0 Å². The second-order valence-corrected chi connectivity index (χ2v) is 0.634. The minimum atomic E-state index is -1.81. The average Bonchev–Trinajstić information content (AvgIpc) is 1.27. The van der Waals surface area contributed by atoms with E-state index in [9.17, 15) is 9.59 Å². The minimum absolute atomic E-state index is 0. The van der Waals surface area contributed by atoms with E-state index in [4.69, 9.17) is 10.2 Å². The quantitative estimate of drug-likeness (QED) is 0.392. The predicted molar refractivity (Wildman–Crippen MR) is 30.6 cm³/mol. The molecule has 0 saturated heterocycles. The molecule has 0 heterocycles. The molecule has 0 aliphatic carbocycles. The number of carboxylic acid groups (broad SMARTS) is 2. The van der Waals surface area contributed by atoms with Crippen molar-refractivity contribution in [3.63, 3.8) is 0 Å². The predicted octanol–water partition coefficient (Wildman–Crippen LogP) is 1.63. The first kappa shape index (κ1) is 15.6. The Bertz CT molecular complexity index is 85.1. The maximum Gasteiger partial charge on any atom is 0.516 e. The fourth-order valence-electron chi connectivity index (χ4n) is 0.0747. The highest BCUT2D eigenvalue weighted by Gasteiger charge is 2.01. The van der Waals surface area contributed by atoms with Crippen molar-refractivity contribution in [1.82, 2.24) is 0 Å². The Kier molecular flexibility index (Phi) is 11.7. The molecule has 0 aromatic rings. The zero-order valence-electron chi connectivity index (χ0n) is 3.12. The molecule has 0 spiro atoms. The van der Waals surface area contributed by atoms with Crippen LogP contribution in [0.15, 0.2) is 0 Å². The van der Waals surface area contributed by atoms with Crippen molar-refractivity contribution >= 4 is 12.3 Å². The van der Waals surface area contributed by atoms with E-state index in [1.807, 2.05) is 0 Å². The zero-order chi connectivity index (χ0) is 5.86. The lowest BCUT2D eigenvalue weighted by molar-refractivity contribution is 0.0802. The van der Waals surface area contributed by atoms with Crippen LogP contribution in [0, 0.1) is 0 Å². The molecule has 0 amide bonds. The summed E-state index contributed by atoms with van der Waals surface area (Å²) in [4.78, 5) is 18.4. The van der Waals surface area contributed by atoms with Crippen LogP contribution in [0.4, 0.5) is 9.59 Å². The van der Waals surface area contributed by atoms with Gasteiger partial charge in [0.2, 0.25) is 0 Å². The smallest absolute Gasteiger partial charge is 0.449 e. The molecular formula is C4H10O5. The van der Waals surface area contributed by atoms with Gasteiger partial charge in [0.05, 0.1) is 0 Å². The molecule has 0 radical (unpaired) electrons. The number of carbonyl (C=O) groups is 2. The van der Waals surface area contributed by atoms with E-state index in [-0.39, 0.29) is 14.9 Å². The molecule has 2 N–H and O–H groups in total. The maximum atomic E-state index is 9.21. The van der Waals surface area contributed by atoms with Crippen LogP contribution in [0.1, 0.15) is 14.9 Å². The normalized spacial score (nSPS) is 5.78. The number of hydrogen-bond donors (Lipinski definition) is 2. The summed E-state index contributed by atoms with van der Waals surface area (Å²) in [6.45, 7) is 0. The molecule has 5 heteroatoms. The summed E-state index contributed by atoms with van der Waals surface area (Å²) >= 11 is 0. The van der Waals surface area contributed by atoms with Gasteiger partial charge in [-0.25, -0.2) is 9.59 Å². The van der Waals surface area contributed by atoms with E-state index in [2.05, 4.69) is 4.74 Å². The van der Waals surface area contributed by atoms with Crippen molar-refractivity contribution in [3.8, 4) is 0 Å². The van der Waals surface area contributed by atoms with Gasteiger partial charge in [0.1, 0.15) is 0 Å². The average molecular weight is 138 g/mol. The standard InChI is InChI=1S/C2H2O5.2CH4/c3-1(4)7-2(5)6;;/h(H,3,4)(H,5,6);2*1H4. The molecule has 0 aliphatic heterocycles. The molecule has 0 aliphatic rings. The molecule has 0 bridgehead atoms. The summed E-state index contributed by atoms with van der Waals surface area (Å²) in [6.07, 6.45) is -3.62. The van der Waals surface area contributed by atoms with Crippen LogP contribution < -0.4 is 0 Å². The Balaban J connectivity index is -0.000000180. The van der Waals surface area contributed by atoms with Crippen molar-refractivity contribution in [2.45, 2.75) is 14.9 Å². The van der Waals surface area contributed by atoms with Crippen LogP contribution >= 0.6 is 0 Å². The fraction of sp³-hybridized carbons (Fsp3) is 0.500. The van der Waals surface area contributed by atoms with Gasteiger partial charge >= 0.3 is 12.3 Å². The number of rotatable bonds is 0. The lowest BCUT2D eigenvalue weighted by Gasteiger charge is -1.84. The van der Waals surface area contributed by atoms with Crippen LogP contribution in [0.2, 0.25) is 0 Å². The van der Waals surface area contributed by atoms with Gasteiger partial charge < -0.3 is 14.9 Å². The highest BCUT2D eigenvalue weighted by atomic mass is 16.7. The van der Waals surface area contributed by atoms with Gasteiger partial charge in [-0.05, 0) is 0 Å². The van der Waals surface area contributed by atoms with Gasteiger partial charge in [-0.15, -0.1) is 0 Å². The Morgan fingerprint density at radius 2 is 1.22 bits per heavy atom. The summed E-state index contributed by atoms with van der Waals surface area (Å²) < 4.78 is 3.08. The monoisotopic (exact) mass is 138 g/mol. The van der Waals surface area contributed by atoms with Gasteiger partial charge in [-0.2, -0.15) is 0 Å². The van der Waals surface area contributed by atoms with Gasteiger partial charge in [0.25, 0.3) is 0 Å². The molecule has 0 saturated carbocycles. The highest BCUT2D eigenvalue weighted by Crippen LogP contribution is 1.73. The third-order valence-electron chi connectivity index (χ3n) is 0.175. The van der Waals surface area contributed by atoms with Crippen LogP contribution in [0.3, 0.4) is 0 Å². The van der Waals surface area contributed by atoms with Gasteiger partial charge in [0, 0.05) is 0 Å². The van der Waals surface area contributed by atoms with Crippen LogP contribution in [-0.4, -0.2) is 22.5 Å². The molecule has 0 rings (SSSR count). The van der Waals surface area contributed by atoms with Crippen LogP contribution in [0.5, 0.6) is 0 Å². The maximum absolute atomic E-state index is 9.21. The zero-order valence-corrected chi connectivity index (χ0v) is 3.12. The summed E-state index contributed by atoms with van der Waals surface area (Å²) in [5.41, 5.74) is 0. The van der Waals surface area contributed by atoms with E-state index < -0.39 is 12.3 Å². The van der Waals surface area contributed by atoms with Gasteiger partial charge in [-0.1, -0.05) is 14.9 Å².